The highest BCUT2D eigenvalue weighted by Gasteiger charge is 2.50. The van der Waals surface area contributed by atoms with Crippen molar-refractivity contribution in [2.24, 2.45) is 0 Å². The molecule has 0 aromatic rings. The summed E-state index contributed by atoms with van der Waals surface area (Å²) in [5, 5.41) is 56.4. The second-order valence-electron chi connectivity index (χ2n) is 4.95. The Balaban J connectivity index is 2.77. The molecular weight excluding hydrogens is 344 g/mol. The molecule has 1 saturated heterocycles. The summed E-state index contributed by atoms with van der Waals surface area (Å²) in [6.07, 6.45) is -7.24. The first-order chi connectivity index (χ1) is 10.1. The fourth-order valence-electron chi connectivity index (χ4n) is 2.19. The summed E-state index contributed by atoms with van der Waals surface area (Å²) in [4.78, 5) is 0. The Labute approximate surface area is 130 Å². The molecule has 1 heterocycles. The van der Waals surface area contributed by atoms with Gasteiger partial charge in [0, 0.05) is 10.9 Å². The first-order valence-electron chi connectivity index (χ1n) is 6.36. The molecule has 22 heavy (non-hydrogen) atoms. The molecule has 0 saturated carbocycles. The average molecular weight is 365 g/mol. The van der Waals surface area contributed by atoms with Crippen molar-refractivity contribution in [2.75, 3.05) is 24.7 Å². The highest BCUT2D eigenvalue weighted by atomic mass is 32.3. The number of aliphatic hydroxyl groups excluding tert-OH is 6. The van der Waals surface area contributed by atoms with E-state index in [-0.39, 0.29) is 11.5 Å². The van der Waals surface area contributed by atoms with Gasteiger partial charge in [0.1, 0.15) is 42.0 Å². The summed E-state index contributed by atoms with van der Waals surface area (Å²) in [7, 11) is -5.85. The first kappa shape index (κ1) is 20.0. The largest absolute Gasteiger partial charge is 0.397 e. The Morgan fingerprint density at radius 1 is 1.18 bits per heavy atom. The fraction of sp³-hybridized carbons (Fsp3) is 1.00. The van der Waals surface area contributed by atoms with E-state index in [0.717, 1.165) is 0 Å². The maximum absolute atomic E-state index is 10.6. The molecular formula is C10H21O10S2+. The molecule has 0 amide bonds. The second kappa shape index (κ2) is 8.19. The van der Waals surface area contributed by atoms with Crippen LogP contribution < -0.4 is 0 Å². The van der Waals surface area contributed by atoms with Gasteiger partial charge in [0.15, 0.2) is 5.25 Å². The summed E-state index contributed by atoms with van der Waals surface area (Å²) in [6, 6.07) is 0. The van der Waals surface area contributed by atoms with Crippen molar-refractivity contribution in [2.45, 2.75) is 35.8 Å². The zero-order valence-corrected chi connectivity index (χ0v) is 13.1. The van der Waals surface area contributed by atoms with Crippen LogP contribution in [0.3, 0.4) is 0 Å². The van der Waals surface area contributed by atoms with Crippen molar-refractivity contribution >= 4 is 21.3 Å². The van der Waals surface area contributed by atoms with E-state index >= 15 is 0 Å². The molecule has 0 bridgehead atoms. The van der Waals surface area contributed by atoms with E-state index < -0.39 is 70.3 Å². The molecule has 1 unspecified atom stereocenters. The van der Waals surface area contributed by atoms with Gasteiger partial charge in [-0.25, -0.2) is 4.18 Å². The molecule has 7 N–H and O–H groups in total. The standard InChI is InChI=1S/C10H20O10S2/c11-1-7(20-22(17,18)19)5(13)3-21-4-6(14)9(15)10(16)8(21)2-12/h5-16H,1-4H2/p+1/t5-,6-,7+,8+,9+,10+,21?/m0/s1. The molecule has 0 aromatic heterocycles. The van der Waals surface area contributed by atoms with Crippen molar-refractivity contribution in [1.29, 1.82) is 0 Å². The zero-order valence-electron chi connectivity index (χ0n) is 11.5. The van der Waals surface area contributed by atoms with E-state index in [0.29, 0.717) is 0 Å². The number of hydrogen-bond donors (Lipinski definition) is 7. The maximum atomic E-state index is 10.6. The van der Waals surface area contributed by atoms with Gasteiger partial charge in [-0.15, -0.1) is 0 Å². The summed E-state index contributed by atoms with van der Waals surface area (Å²) < 4.78 is 33.9. The average Bonchev–Trinajstić information content (AvgIpc) is 2.41. The fourth-order valence-corrected chi connectivity index (χ4v) is 5.38. The first-order valence-corrected chi connectivity index (χ1v) is 9.35. The van der Waals surface area contributed by atoms with E-state index in [1.54, 1.807) is 0 Å². The van der Waals surface area contributed by atoms with Gasteiger partial charge in [0.05, 0.1) is 13.2 Å². The summed E-state index contributed by atoms with van der Waals surface area (Å²) in [6.45, 7) is -1.40. The topological polar surface area (TPSA) is 185 Å². The summed E-state index contributed by atoms with van der Waals surface area (Å²) >= 11 is 0. The lowest BCUT2D eigenvalue weighted by Gasteiger charge is -2.35. The highest BCUT2D eigenvalue weighted by Crippen LogP contribution is 2.25. The van der Waals surface area contributed by atoms with Gasteiger partial charge in [0.25, 0.3) is 0 Å². The molecule has 1 rings (SSSR count). The maximum Gasteiger partial charge on any atom is 0.397 e. The lowest BCUT2D eigenvalue weighted by atomic mass is 10.1. The van der Waals surface area contributed by atoms with Crippen molar-refractivity contribution in [3.05, 3.63) is 0 Å². The minimum Gasteiger partial charge on any atom is -0.394 e. The van der Waals surface area contributed by atoms with Crippen molar-refractivity contribution in [3.63, 3.8) is 0 Å². The Bertz CT molecular complexity index is 443. The van der Waals surface area contributed by atoms with Crippen molar-refractivity contribution in [3.8, 4) is 0 Å². The van der Waals surface area contributed by atoms with Crippen molar-refractivity contribution in [1.82, 2.24) is 0 Å². The van der Waals surface area contributed by atoms with Gasteiger partial charge in [0.2, 0.25) is 0 Å². The van der Waals surface area contributed by atoms with Gasteiger partial charge in [-0.05, 0) is 0 Å². The van der Waals surface area contributed by atoms with E-state index in [1.807, 2.05) is 0 Å². The molecule has 0 aliphatic carbocycles. The number of rotatable bonds is 7. The van der Waals surface area contributed by atoms with E-state index in [9.17, 15) is 34.0 Å². The van der Waals surface area contributed by atoms with Crippen LogP contribution in [0.5, 0.6) is 0 Å². The predicted octanol–water partition coefficient (Wildman–Crippen LogP) is -4.40. The van der Waals surface area contributed by atoms with Crippen LogP contribution in [0.2, 0.25) is 0 Å². The SMILES string of the molecule is O=S(=O)(O)O[C@H](CO)[C@@H](O)C[S+]1C[C@H](O)[C@@H](O)[C@H](O)[C@H]1CO. The molecule has 12 heteroatoms. The van der Waals surface area contributed by atoms with Gasteiger partial charge in [-0.2, -0.15) is 8.42 Å². The van der Waals surface area contributed by atoms with Crippen LogP contribution in [0.1, 0.15) is 0 Å². The molecule has 0 radical (unpaired) electrons. The molecule has 0 spiro atoms. The third-order valence-electron chi connectivity index (χ3n) is 3.36. The van der Waals surface area contributed by atoms with Gasteiger partial charge >= 0.3 is 10.4 Å². The summed E-state index contributed by atoms with van der Waals surface area (Å²) in [5.74, 6) is -0.225. The monoisotopic (exact) mass is 365 g/mol. The van der Waals surface area contributed by atoms with E-state index in [2.05, 4.69) is 4.18 Å². The number of hydrogen-bond acceptors (Lipinski definition) is 9. The highest BCUT2D eigenvalue weighted by molar-refractivity contribution is 7.97. The van der Waals surface area contributed by atoms with Crippen LogP contribution in [-0.2, 0) is 25.5 Å². The third kappa shape index (κ3) is 5.26. The molecule has 7 atom stereocenters. The van der Waals surface area contributed by atoms with Crippen LogP contribution in [0.15, 0.2) is 0 Å². The summed E-state index contributed by atoms with van der Waals surface area (Å²) in [5.41, 5.74) is 0. The smallest absolute Gasteiger partial charge is 0.394 e. The molecule has 1 fully saturated rings. The molecule has 10 nitrogen and oxygen atoms in total. The molecule has 1 aliphatic heterocycles. The Morgan fingerprint density at radius 3 is 2.23 bits per heavy atom. The van der Waals surface area contributed by atoms with Crippen LogP contribution in [0.25, 0.3) is 0 Å². The van der Waals surface area contributed by atoms with Crippen molar-refractivity contribution < 1.29 is 47.8 Å². The Hall–Kier alpha value is -0.0200. The lowest BCUT2D eigenvalue weighted by molar-refractivity contribution is -0.0611. The Morgan fingerprint density at radius 2 is 1.77 bits per heavy atom. The molecule has 1 aliphatic rings. The lowest BCUT2D eigenvalue weighted by Crippen LogP contribution is -2.59. The van der Waals surface area contributed by atoms with Gasteiger partial charge < -0.3 is 30.6 Å². The molecule has 0 aromatic carbocycles. The zero-order chi connectivity index (χ0) is 17.1. The Kier molecular flexibility index (Phi) is 7.45. The van der Waals surface area contributed by atoms with E-state index in [1.165, 1.54) is 0 Å². The van der Waals surface area contributed by atoms with Gasteiger partial charge in [-0.1, -0.05) is 0 Å². The number of aliphatic hydroxyl groups is 6. The van der Waals surface area contributed by atoms with Crippen LogP contribution in [-0.4, -0.2) is 104 Å². The van der Waals surface area contributed by atoms with Crippen LogP contribution >= 0.6 is 0 Å². The van der Waals surface area contributed by atoms with E-state index in [4.69, 9.17) is 9.66 Å². The predicted molar refractivity (Wildman–Crippen MR) is 75.5 cm³/mol. The molecule has 132 valence electrons. The minimum atomic E-state index is -4.88. The second-order valence-corrected chi connectivity index (χ2v) is 8.35. The third-order valence-corrected chi connectivity index (χ3v) is 6.67. The quantitative estimate of drug-likeness (QED) is 0.172. The van der Waals surface area contributed by atoms with Crippen LogP contribution in [0, 0.1) is 0 Å². The minimum absolute atomic E-state index is 0.0233. The van der Waals surface area contributed by atoms with Crippen LogP contribution in [0.4, 0.5) is 0 Å². The normalized spacial score (nSPS) is 36.0. The van der Waals surface area contributed by atoms with Gasteiger partial charge in [-0.3, -0.25) is 4.55 Å².